The average Bonchev–Trinajstić information content (AvgIpc) is 2.54. The van der Waals surface area contributed by atoms with Crippen LogP contribution in [0.2, 0.25) is 0 Å². The summed E-state index contributed by atoms with van der Waals surface area (Å²) in [5, 5.41) is 2.72. The highest BCUT2D eigenvalue weighted by Crippen LogP contribution is 2.16. The topological polar surface area (TPSA) is 58.6 Å². The number of nitrogens with one attached hydrogen (secondary N) is 1. The lowest BCUT2D eigenvalue weighted by Gasteiger charge is -2.12. The van der Waals surface area contributed by atoms with Crippen molar-refractivity contribution in [3.8, 4) is 5.75 Å². The molecule has 0 bridgehead atoms. The van der Waals surface area contributed by atoms with Gasteiger partial charge in [-0.25, -0.2) is 4.79 Å². The first kappa shape index (κ1) is 15.6. The molecule has 5 heteroatoms. The van der Waals surface area contributed by atoms with Crippen LogP contribution in [0.1, 0.15) is 10.4 Å². The van der Waals surface area contributed by atoms with Gasteiger partial charge in [-0.05, 0) is 24.3 Å². The fourth-order valence-corrected chi connectivity index (χ4v) is 1.73. The molecule has 2 aromatic rings. The quantitative estimate of drug-likeness (QED) is 0.863. The fraction of sp³-hybridized carbons (Fsp3) is 0.176. The highest BCUT2D eigenvalue weighted by atomic mass is 16.5. The molecule has 1 N–H and O–H groups in total. The van der Waals surface area contributed by atoms with E-state index in [1.165, 1.54) is 4.90 Å². The Bertz CT molecular complexity index is 637. The van der Waals surface area contributed by atoms with Gasteiger partial charge < -0.3 is 15.0 Å². The summed E-state index contributed by atoms with van der Waals surface area (Å²) >= 11 is 0. The summed E-state index contributed by atoms with van der Waals surface area (Å²) in [6, 6.07) is 15.7. The number of Topliss-reactive ketones (excluding diaryl/α,β-unsaturated/α-hetero) is 1. The summed E-state index contributed by atoms with van der Waals surface area (Å²) in [5.41, 5.74) is 1.29. The third-order valence-corrected chi connectivity index (χ3v) is 2.98. The number of anilines is 1. The van der Waals surface area contributed by atoms with Gasteiger partial charge in [0.15, 0.2) is 12.4 Å². The first-order valence-corrected chi connectivity index (χ1v) is 6.85. The largest absolute Gasteiger partial charge is 0.485 e. The number of urea groups is 1. The summed E-state index contributed by atoms with van der Waals surface area (Å²) in [6.07, 6.45) is 0. The van der Waals surface area contributed by atoms with Gasteiger partial charge >= 0.3 is 6.03 Å². The van der Waals surface area contributed by atoms with E-state index in [0.29, 0.717) is 17.0 Å². The van der Waals surface area contributed by atoms with Gasteiger partial charge in [-0.1, -0.05) is 30.3 Å². The number of ketones is 1. The first-order chi connectivity index (χ1) is 10.6. The molecule has 0 aromatic heterocycles. The second-order valence-electron chi connectivity index (χ2n) is 4.93. The van der Waals surface area contributed by atoms with Crippen LogP contribution in [0.5, 0.6) is 5.75 Å². The zero-order chi connectivity index (χ0) is 15.9. The van der Waals surface area contributed by atoms with Crippen molar-refractivity contribution < 1.29 is 14.3 Å². The van der Waals surface area contributed by atoms with E-state index >= 15 is 0 Å². The molecule has 2 rings (SSSR count). The lowest BCUT2D eigenvalue weighted by atomic mass is 10.1. The summed E-state index contributed by atoms with van der Waals surface area (Å²) in [7, 11) is 3.34. The van der Waals surface area contributed by atoms with E-state index in [9.17, 15) is 9.59 Å². The predicted molar refractivity (Wildman–Crippen MR) is 85.4 cm³/mol. The zero-order valence-electron chi connectivity index (χ0n) is 12.6. The number of benzene rings is 2. The molecular formula is C17H18N2O3. The van der Waals surface area contributed by atoms with Crippen LogP contribution in [0.15, 0.2) is 54.6 Å². The number of carbonyl (C=O) groups excluding carboxylic acids is 2. The molecule has 0 fully saturated rings. The van der Waals surface area contributed by atoms with Gasteiger partial charge in [0.05, 0.1) is 0 Å². The first-order valence-electron chi connectivity index (χ1n) is 6.85. The molecule has 2 amide bonds. The van der Waals surface area contributed by atoms with Gasteiger partial charge in [-0.15, -0.1) is 0 Å². The molecule has 0 aliphatic carbocycles. The Balaban J connectivity index is 1.89. The molecule has 5 nitrogen and oxygen atoms in total. The van der Waals surface area contributed by atoms with E-state index in [1.54, 1.807) is 50.5 Å². The number of hydrogen-bond acceptors (Lipinski definition) is 3. The standard InChI is InChI=1S/C17H18N2O3/c1-19(2)17(21)18-14-8-10-15(11-9-14)22-12-16(20)13-6-4-3-5-7-13/h3-11H,12H2,1-2H3,(H,18,21). The maximum Gasteiger partial charge on any atom is 0.321 e. The number of rotatable bonds is 5. The highest BCUT2D eigenvalue weighted by molar-refractivity contribution is 5.97. The molecule has 0 aliphatic rings. The number of amides is 2. The average molecular weight is 298 g/mol. The molecule has 0 saturated heterocycles. The van der Waals surface area contributed by atoms with Crippen LogP contribution >= 0.6 is 0 Å². The van der Waals surface area contributed by atoms with Crippen LogP contribution in [0, 0.1) is 0 Å². The van der Waals surface area contributed by atoms with Gasteiger partial charge in [0.2, 0.25) is 0 Å². The van der Waals surface area contributed by atoms with E-state index in [0.717, 1.165) is 0 Å². The number of nitrogens with zero attached hydrogens (tertiary/aromatic N) is 1. The molecule has 0 radical (unpaired) electrons. The maximum absolute atomic E-state index is 11.9. The molecule has 0 aliphatic heterocycles. The fourth-order valence-electron chi connectivity index (χ4n) is 1.73. The summed E-state index contributed by atoms with van der Waals surface area (Å²) < 4.78 is 5.46. The third kappa shape index (κ3) is 4.34. The molecule has 0 atom stereocenters. The van der Waals surface area contributed by atoms with E-state index in [1.807, 2.05) is 18.2 Å². The van der Waals surface area contributed by atoms with Crippen molar-refractivity contribution in [1.29, 1.82) is 0 Å². The van der Waals surface area contributed by atoms with Crippen LogP contribution < -0.4 is 10.1 Å². The van der Waals surface area contributed by atoms with Crippen molar-refractivity contribution in [2.24, 2.45) is 0 Å². The van der Waals surface area contributed by atoms with Crippen LogP contribution in [0.25, 0.3) is 0 Å². The lowest BCUT2D eigenvalue weighted by molar-refractivity contribution is 0.0921. The van der Waals surface area contributed by atoms with Crippen molar-refractivity contribution in [3.05, 3.63) is 60.2 Å². The molecule has 114 valence electrons. The van der Waals surface area contributed by atoms with E-state index in [4.69, 9.17) is 4.74 Å². The minimum atomic E-state index is -0.201. The van der Waals surface area contributed by atoms with E-state index < -0.39 is 0 Å². The van der Waals surface area contributed by atoms with Crippen LogP contribution in [0.4, 0.5) is 10.5 Å². The predicted octanol–water partition coefficient (Wildman–Crippen LogP) is 3.04. The third-order valence-electron chi connectivity index (χ3n) is 2.98. The molecule has 0 saturated carbocycles. The second-order valence-corrected chi connectivity index (χ2v) is 4.93. The number of ether oxygens (including phenoxy) is 1. The van der Waals surface area contributed by atoms with Crippen LogP contribution in [-0.2, 0) is 0 Å². The van der Waals surface area contributed by atoms with Gasteiger partial charge in [0.1, 0.15) is 5.75 Å². The SMILES string of the molecule is CN(C)C(=O)Nc1ccc(OCC(=O)c2ccccc2)cc1. The molecule has 0 heterocycles. The molecule has 0 unspecified atom stereocenters. The normalized spacial score (nSPS) is 9.91. The van der Waals surface area contributed by atoms with Crippen molar-refractivity contribution in [2.45, 2.75) is 0 Å². The second kappa shape index (κ2) is 7.26. The Hall–Kier alpha value is -2.82. The van der Waals surface area contributed by atoms with E-state index in [-0.39, 0.29) is 18.4 Å². The maximum atomic E-state index is 11.9. The van der Waals surface area contributed by atoms with Gasteiger partial charge in [-0.3, -0.25) is 4.79 Å². The van der Waals surface area contributed by atoms with Gasteiger partial charge in [0.25, 0.3) is 0 Å². The highest BCUT2D eigenvalue weighted by Gasteiger charge is 2.07. The van der Waals surface area contributed by atoms with Crippen molar-refractivity contribution >= 4 is 17.5 Å². The van der Waals surface area contributed by atoms with Crippen molar-refractivity contribution in [1.82, 2.24) is 4.90 Å². The zero-order valence-corrected chi connectivity index (χ0v) is 12.6. The minimum Gasteiger partial charge on any atom is -0.485 e. The lowest BCUT2D eigenvalue weighted by Crippen LogP contribution is -2.27. The van der Waals surface area contributed by atoms with Gasteiger partial charge in [0, 0.05) is 25.3 Å². The van der Waals surface area contributed by atoms with Crippen LogP contribution in [0.3, 0.4) is 0 Å². The number of carbonyl (C=O) groups is 2. The molecule has 0 spiro atoms. The Morgan fingerprint density at radius 2 is 1.64 bits per heavy atom. The monoisotopic (exact) mass is 298 g/mol. The van der Waals surface area contributed by atoms with Gasteiger partial charge in [-0.2, -0.15) is 0 Å². The van der Waals surface area contributed by atoms with Crippen LogP contribution in [-0.4, -0.2) is 37.4 Å². The Kier molecular flexibility index (Phi) is 5.14. The number of hydrogen-bond donors (Lipinski definition) is 1. The minimum absolute atomic E-state index is 0.0204. The summed E-state index contributed by atoms with van der Waals surface area (Å²) in [5.74, 6) is 0.498. The summed E-state index contributed by atoms with van der Waals surface area (Å²) in [4.78, 5) is 24.9. The summed E-state index contributed by atoms with van der Waals surface area (Å²) in [6.45, 7) is -0.0204. The Morgan fingerprint density at radius 1 is 1.00 bits per heavy atom. The van der Waals surface area contributed by atoms with E-state index in [2.05, 4.69) is 5.32 Å². The molecule has 22 heavy (non-hydrogen) atoms. The smallest absolute Gasteiger partial charge is 0.321 e. The Morgan fingerprint density at radius 3 is 2.23 bits per heavy atom. The van der Waals surface area contributed by atoms with Crippen molar-refractivity contribution in [2.75, 3.05) is 26.0 Å². The molecular weight excluding hydrogens is 280 g/mol. The Labute approximate surface area is 129 Å². The molecule has 2 aromatic carbocycles. The van der Waals surface area contributed by atoms with Crippen molar-refractivity contribution in [3.63, 3.8) is 0 Å².